The summed E-state index contributed by atoms with van der Waals surface area (Å²) in [5.41, 5.74) is 2.43. The molecule has 1 unspecified atom stereocenters. The van der Waals surface area contributed by atoms with Gasteiger partial charge in [0.2, 0.25) is 0 Å². The van der Waals surface area contributed by atoms with Crippen molar-refractivity contribution in [2.75, 3.05) is 20.3 Å². The fraction of sp³-hybridized carbons (Fsp3) is 0.292. The molecule has 1 heterocycles. The van der Waals surface area contributed by atoms with Crippen LogP contribution >= 0.6 is 0 Å². The van der Waals surface area contributed by atoms with Gasteiger partial charge in [0.15, 0.2) is 11.5 Å². The molecule has 0 bridgehead atoms. The van der Waals surface area contributed by atoms with Crippen LogP contribution in [-0.2, 0) is 14.4 Å². The number of carbonyl (C=O) groups excluding carboxylic acids is 1. The summed E-state index contributed by atoms with van der Waals surface area (Å²) in [6.07, 6.45) is 0.794. The summed E-state index contributed by atoms with van der Waals surface area (Å²) in [4.78, 5) is 17.2. The number of nitrogens with zero attached hydrogens (tertiary/aromatic N) is 2. The third kappa shape index (κ3) is 5.94. The normalized spacial score (nSPS) is 12.3. The lowest BCUT2D eigenvalue weighted by Crippen LogP contribution is -2.14. The molecule has 8 heteroatoms. The third-order valence-corrected chi connectivity index (χ3v) is 4.69. The SMILES string of the molecule is CCCON=C(COc1cccc(C(C)C(=O)OC)c1)c1cc(-c2ccc(F)cc2)no1. The van der Waals surface area contributed by atoms with E-state index in [1.54, 1.807) is 43.3 Å². The number of carbonyl (C=O) groups is 1. The minimum Gasteiger partial charge on any atom is -0.487 e. The fourth-order valence-electron chi connectivity index (χ4n) is 2.86. The van der Waals surface area contributed by atoms with Crippen molar-refractivity contribution in [3.8, 4) is 17.0 Å². The summed E-state index contributed by atoms with van der Waals surface area (Å²) in [6, 6.07) is 14.8. The van der Waals surface area contributed by atoms with Crippen LogP contribution in [0.4, 0.5) is 4.39 Å². The third-order valence-electron chi connectivity index (χ3n) is 4.69. The van der Waals surface area contributed by atoms with E-state index in [1.807, 2.05) is 13.0 Å². The van der Waals surface area contributed by atoms with Crippen molar-refractivity contribution in [3.05, 3.63) is 71.7 Å². The minimum absolute atomic E-state index is 0.0534. The second-order valence-electron chi connectivity index (χ2n) is 7.06. The molecule has 32 heavy (non-hydrogen) atoms. The molecule has 0 aliphatic carbocycles. The second-order valence-corrected chi connectivity index (χ2v) is 7.06. The number of ether oxygens (including phenoxy) is 2. The molecule has 1 aromatic heterocycles. The predicted octanol–water partition coefficient (Wildman–Crippen LogP) is 4.97. The van der Waals surface area contributed by atoms with Crippen LogP contribution in [0, 0.1) is 5.82 Å². The highest BCUT2D eigenvalue weighted by Gasteiger charge is 2.18. The highest BCUT2D eigenvalue weighted by atomic mass is 19.1. The highest BCUT2D eigenvalue weighted by Crippen LogP contribution is 2.23. The highest BCUT2D eigenvalue weighted by molar-refractivity contribution is 5.99. The Kier molecular flexibility index (Phi) is 7.96. The summed E-state index contributed by atoms with van der Waals surface area (Å²) in [5, 5.41) is 8.19. The van der Waals surface area contributed by atoms with Crippen LogP contribution in [0.1, 0.15) is 37.5 Å². The number of halogens is 1. The van der Waals surface area contributed by atoms with Crippen LogP contribution in [-0.4, -0.2) is 37.2 Å². The molecule has 0 saturated heterocycles. The van der Waals surface area contributed by atoms with Crippen LogP contribution in [0.3, 0.4) is 0 Å². The molecule has 0 aliphatic heterocycles. The second kappa shape index (κ2) is 11.1. The first-order valence-corrected chi connectivity index (χ1v) is 10.2. The Morgan fingerprint density at radius 3 is 2.69 bits per heavy atom. The Balaban J connectivity index is 1.77. The van der Waals surface area contributed by atoms with E-state index in [-0.39, 0.29) is 18.4 Å². The maximum absolute atomic E-state index is 13.2. The lowest BCUT2D eigenvalue weighted by molar-refractivity contribution is -0.141. The first-order valence-electron chi connectivity index (χ1n) is 10.2. The Bertz CT molecular complexity index is 1060. The van der Waals surface area contributed by atoms with Gasteiger partial charge in [0.25, 0.3) is 0 Å². The molecule has 0 fully saturated rings. The molecule has 3 aromatic rings. The van der Waals surface area contributed by atoms with E-state index in [2.05, 4.69) is 10.3 Å². The van der Waals surface area contributed by atoms with Crippen molar-refractivity contribution < 1.29 is 28.0 Å². The van der Waals surface area contributed by atoms with Gasteiger partial charge in [-0.2, -0.15) is 0 Å². The maximum Gasteiger partial charge on any atom is 0.312 e. The smallest absolute Gasteiger partial charge is 0.312 e. The van der Waals surface area contributed by atoms with E-state index >= 15 is 0 Å². The predicted molar refractivity (Wildman–Crippen MR) is 117 cm³/mol. The van der Waals surface area contributed by atoms with Gasteiger partial charge in [-0.05, 0) is 55.3 Å². The zero-order valence-corrected chi connectivity index (χ0v) is 18.2. The molecule has 168 valence electrons. The van der Waals surface area contributed by atoms with Gasteiger partial charge in [0.1, 0.15) is 30.5 Å². The molecule has 0 spiro atoms. The maximum atomic E-state index is 13.2. The summed E-state index contributed by atoms with van der Waals surface area (Å²) in [6.45, 7) is 4.23. The number of hydrogen-bond donors (Lipinski definition) is 0. The molecule has 1 atom stereocenters. The molecule has 3 rings (SSSR count). The number of benzene rings is 2. The van der Waals surface area contributed by atoms with Crippen LogP contribution in [0.2, 0.25) is 0 Å². The Labute approximate surface area is 185 Å². The molecule has 0 amide bonds. The van der Waals surface area contributed by atoms with Gasteiger partial charge in [-0.25, -0.2) is 4.39 Å². The number of aromatic nitrogens is 1. The Morgan fingerprint density at radius 1 is 1.19 bits per heavy atom. The van der Waals surface area contributed by atoms with Crippen LogP contribution in [0.15, 0.2) is 64.3 Å². The molecular formula is C24H25FN2O5. The van der Waals surface area contributed by atoms with Crippen LogP contribution in [0.25, 0.3) is 11.3 Å². The zero-order valence-electron chi connectivity index (χ0n) is 18.2. The van der Waals surface area contributed by atoms with E-state index in [1.165, 1.54) is 19.2 Å². The number of hydrogen-bond acceptors (Lipinski definition) is 7. The molecule has 7 nitrogen and oxygen atoms in total. The quantitative estimate of drug-likeness (QED) is 0.192. The monoisotopic (exact) mass is 440 g/mol. The molecule has 2 aromatic carbocycles. The van der Waals surface area contributed by atoms with Crippen molar-refractivity contribution in [1.29, 1.82) is 0 Å². The fourth-order valence-corrected chi connectivity index (χ4v) is 2.86. The topological polar surface area (TPSA) is 83.2 Å². The standard InChI is InChI=1S/C24H25FN2O5/c1-4-12-31-26-22(23-14-21(27-32-23)17-8-10-19(25)11-9-17)15-30-20-7-5-6-18(13-20)16(2)24(28)29-3/h5-11,13-14,16H,4,12,15H2,1-3H3. The number of oxime groups is 1. The number of methoxy groups -OCH3 is 1. The van der Waals surface area contributed by atoms with E-state index in [0.29, 0.717) is 35.1 Å². The van der Waals surface area contributed by atoms with Gasteiger partial charge in [-0.1, -0.05) is 29.4 Å². The van der Waals surface area contributed by atoms with E-state index in [9.17, 15) is 9.18 Å². The molecule has 0 N–H and O–H groups in total. The molecule has 0 saturated carbocycles. The molecule has 0 radical (unpaired) electrons. The van der Waals surface area contributed by atoms with Gasteiger partial charge in [-0.15, -0.1) is 0 Å². The van der Waals surface area contributed by atoms with E-state index in [4.69, 9.17) is 18.8 Å². The largest absolute Gasteiger partial charge is 0.487 e. The van der Waals surface area contributed by atoms with Gasteiger partial charge in [0, 0.05) is 11.6 Å². The molecular weight excluding hydrogens is 415 g/mol. The average Bonchev–Trinajstić information content (AvgIpc) is 3.31. The van der Waals surface area contributed by atoms with Crippen LogP contribution in [0.5, 0.6) is 5.75 Å². The van der Waals surface area contributed by atoms with Crippen LogP contribution < -0.4 is 4.74 Å². The van der Waals surface area contributed by atoms with Crippen molar-refractivity contribution >= 4 is 11.7 Å². The summed E-state index contributed by atoms with van der Waals surface area (Å²) < 4.78 is 29.3. The molecule has 0 aliphatic rings. The summed E-state index contributed by atoms with van der Waals surface area (Å²) >= 11 is 0. The van der Waals surface area contributed by atoms with E-state index in [0.717, 1.165) is 12.0 Å². The zero-order chi connectivity index (χ0) is 22.9. The number of esters is 1. The summed E-state index contributed by atoms with van der Waals surface area (Å²) in [5.74, 6) is -0.145. The Morgan fingerprint density at radius 2 is 1.97 bits per heavy atom. The van der Waals surface area contributed by atoms with Crippen molar-refractivity contribution in [1.82, 2.24) is 5.16 Å². The van der Waals surface area contributed by atoms with Gasteiger partial charge in [0.05, 0.1) is 13.0 Å². The lowest BCUT2D eigenvalue weighted by atomic mass is 10.0. The minimum atomic E-state index is -0.419. The van der Waals surface area contributed by atoms with E-state index < -0.39 is 5.92 Å². The Hall–Kier alpha value is -3.68. The number of rotatable bonds is 10. The van der Waals surface area contributed by atoms with Crippen molar-refractivity contribution in [3.63, 3.8) is 0 Å². The average molecular weight is 440 g/mol. The lowest BCUT2D eigenvalue weighted by Gasteiger charge is -2.12. The van der Waals surface area contributed by atoms with Gasteiger partial charge >= 0.3 is 5.97 Å². The first kappa shape index (κ1) is 23.0. The van der Waals surface area contributed by atoms with Gasteiger partial charge < -0.3 is 18.8 Å². The first-order chi connectivity index (χ1) is 15.5. The van der Waals surface area contributed by atoms with Crippen molar-refractivity contribution in [2.45, 2.75) is 26.2 Å². The van der Waals surface area contributed by atoms with Crippen molar-refractivity contribution in [2.24, 2.45) is 5.16 Å². The summed E-state index contributed by atoms with van der Waals surface area (Å²) in [7, 11) is 1.36. The van der Waals surface area contributed by atoms with Gasteiger partial charge in [-0.3, -0.25) is 4.79 Å².